The zero-order valence-corrected chi connectivity index (χ0v) is 20.2. The Morgan fingerprint density at radius 1 is 1.06 bits per heavy atom. The molecule has 2 heterocycles. The van der Waals surface area contributed by atoms with Crippen molar-refractivity contribution >= 4 is 34.8 Å². The van der Waals surface area contributed by atoms with E-state index in [1.165, 1.54) is 0 Å². The average molecular weight is 471 g/mol. The van der Waals surface area contributed by atoms with Gasteiger partial charge in [-0.15, -0.1) is 0 Å². The van der Waals surface area contributed by atoms with Crippen molar-refractivity contribution in [3.63, 3.8) is 0 Å². The van der Waals surface area contributed by atoms with Crippen LogP contribution in [0, 0.1) is 12.8 Å². The van der Waals surface area contributed by atoms with Gasteiger partial charge in [0, 0.05) is 23.6 Å². The van der Waals surface area contributed by atoms with Crippen LogP contribution in [0.5, 0.6) is 0 Å². The molecule has 1 aliphatic rings. The number of aryl methyl sites for hydroxylation is 1. The number of fused-ring (bicyclic) bond motifs is 1. The van der Waals surface area contributed by atoms with Crippen molar-refractivity contribution < 1.29 is 0 Å². The second-order valence-electron chi connectivity index (χ2n) is 8.75. The normalized spacial score (nSPS) is 14.1. The molecule has 2 aromatic carbocycles. The van der Waals surface area contributed by atoms with E-state index in [0.717, 1.165) is 35.5 Å². The zero-order chi connectivity index (χ0) is 22.8. The van der Waals surface area contributed by atoms with Gasteiger partial charge in [0.25, 0.3) is 5.56 Å². The van der Waals surface area contributed by atoms with Gasteiger partial charge in [-0.3, -0.25) is 19.2 Å². The van der Waals surface area contributed by atoms with Crippen LogP contribution in [0.1, 0.15) is 37.1 Å². The first-order valence-electron chi connectivity index (χ1n) is 10.9. The molecule has 0 radical (unpaired) electrons. The van der Waals surface area contributed by atoms with Gasteiger partial charge in [-0.25, -0.2) is 4.98 Å². The Morgan fingerprint density at radius 3 is 2.50 bits per heavy atom. The third-order valence-corrected chi connectivity index (χ3v) is 6.36. The summed E-state index contributed by atoms with van der Waals surface area (Å²) in [5.41, 5.74) is 3.37. The summed E-state index contributed by atoms with van der Waals surface area (Å²) < 4.78 is 1.78. The van der Waals surface area contributed by atoms with Crippen molar-refractivity contribution in [2.45, 2.75) is 40.3 Å². The van der Waals surface area contributed by atoms with Crippen LogP contribution in [0.15, 0.2) is 53.3 Å². The summed E-state index contributed by atoms with van der Waals surface area (Å²) in [6, 6.07) is 15.5. The van der Waals surface area contributed by atoms with Crippen LogP contribution in [-0.2, 0) is 13.1 Å². The summed E-state index contributed by atoms with van der Waals surface area (Å²) in [7, 11) is 0. The van der Waals surface area contributed by atoms with Gasteiger partial charge in [-0.1, -0.05) is 67.4 Å². The number of rotatable bonds is 6. The second kappa shape index (κ2) is 9.65. The lowest BCUT2D eigenvalue weighted by Gasteiger charge is -2.39. The standard InChI is InChI=1S/C25H28Cl2N4O/c1-17(2)11-12-29-15-30(23-10-9-20(26)14-22(23)27)25-28-18(3)21(24(32)31(25)16-29)13-19-7-5-4-6-8-19/h4-10,14,17H,11-13,15-16H2,1-3H3. The molecule has 0 N–H and O–H groups in total. The molecule has 0 amide bonds. The minimum Gasteiger partial charge on any atom is -0.297 e. The molecule has 168 valence electrons. The topological polar surface area (TPSA) is 41.4 Å². The highest BCUT2D eigenvalue weighted by Gasteiger charge is 2.29. The molecule has 0 spiro atoms. The summed E-state index contributed by atoms with van der Waals surface area (Å²) in [5.74, 6) is 1.19. The van der Waals surface area contributed by atoms with Crippen LogP contribution >= 0.6 is 23.2 Å². The smallest absolute Gasteiger partial charge is 0.259 e. The van der Waals surface area contributed by atoms with Gasteiger partial charge >= 0.3 is 0 Å². The number of benzene rings is 2. The molecular weight excluding hydrogens is 443 g/mol. The van der Waals surface area contributed by atoms with Crippen LogP contribution in [0.4, 0.5) is 11.6 Å². The molecule has 0 unspecified atom stereocenters. The first kappa shape index (κ1) is 22.8. The summed E-state index contributed by atoms with van der Waals surface area (Å²) in [4.78, 5) is 22.8. The number of halogens is 2. The summed E-state index contributed by atoms with van der Waals surface area (Å²) >= 11 is 12.7. The minimum atomic E-state index is 0.000635. The number of aromatic nitrogens is 2. The number of hydrogen-bond acceptors (Lipinski definition) is 4. The van der Waals surface area contributed by atoms with E-state index in [2.05, 4.69) is 18.7 Å². The first-order chi connectivity index (χ1) is 15.3. The van der Waals surface area contributed by atoms with E-state index in [1.54, 1.807) is 10.6 Å². The fourth-order valence-electron chi connectivity index (χ4n) is 4.00. The molecule has 0 bridgehead atoms. The Bertz CT molecular complexity index is 1160. The van der Waals surface area contributed by atoms with Gasteiger partial charge in [-0.05, 0) is 43.0 Å². The van der Waals surface area contributed by atoms with Crippen LogP contribution < -0.4 is 10.5 Å². The zero-order valence-electron chi connectivity index (χ0n) is 18.7. The molecule has 0 fully saturated rings. The second-order valence-corrected chi connectivity index (χ2v) is 9.60. The van der Waals surface area contributed by atoms with Gasteiger partial charge in [0.2, 0.25) is 5.95 Å². The Balaban J connectivity index is 1.79. The van der Waals surface area contributed by atoms with Crippen molar-refractivity contribution in [1.82, 2.24) is 14.5 Å². The fraction of sp³-hybridized carbons (Fsp3) is 0.360. The van der Waals surface area contributed by atoms with E-state index in [9.17, 15) is 4.79 Å². The van der Waals surface area contributed by atoms with Crippen LogP contribution in [0.25, 0.3) is 0 Å². The lowest BCUT2D eigenvalue weighted by molar-refractivity contribution is 0.188. The highest BCUT2D eigenvalue weighted by Crippen LogP contribution is 2.35. The number of hydrogen-bond donors (Lipinski definition) is 0. The quantitative estimate of drug-likeness (QED) is 0.451. The van der Waals surface area contributed by atoms with Crippen molar-refractivity contribution in [2.75, 3.05) is 18.1 Å². The SMILES string of the molecule is Cc1nc2n(c(=O)c1Cc1ccccc1)CN(CCC(C)C)CN2c1ccc(Cl)cc1Cl. The van der Waals surface area contributed by atoms with Crippen molar-refractivity contribution in [3.05, 3.63) is 85.8 Å². The van der Waals surface area contributed by atoms with Crippen LogP contribution in [-0.4, -0.2) is 27.7 Å². The third kappa shape index (κ3) is 4.85. The number of anilines is 2. The van der Waals surface area contributed by atoms with E-state index < -0.39 is 0 Å². The third-order valence-electron chi connectivity index (χ3n) is 5.82. The summed E-state index contributed by atoms with van der Waals surface area (Å²) in [6.45, 7) is 8.33. The highest BCUT2D eigenvalue weighted by atomic mass is 35.5. The predicted octanol–water partition coefficient (Wildman–Crippen LogP) is 5.86. The lowest BCUT2D eigenvalue weighted by Crippen LogP contribution is -2.48. The molecule has 1 aliphatic heterocycles. The molecule has 0 aliphatic carbocycles. The molecule has 0 saturated carbocycles. The molecule has 32 heavy (non-hydrogen) atoms. The highest BCUT2D eigenvalue weighted by molar-refractivity contribution is 6.36. The van der Waals surface area contributed by atoms with E-state index >= 15 is 0 Å². The fourth-order valence-corrected chi connectivity index (χ4v) is 4.51. The Hall–Kier alpha value is -2.34. The lowest BCUT2D eigenvalue weighted by atomic mass is 10.1. The Labute approximate surface area is 199 Å². The van der Waals surface area contributed by atoms with Crippen molar-refractivity contribution in [2.24, 2.45) is 5.92 Å². The van der Waals surface area contributed by atoms with Gasteiger partial charge in [-0.2, -0.15) is 0 Å². The maximum Gasteiger partial charge on any atom is 0.259 e. The van der Waals surface area contributed by atoms with E-state index in [-0.39, 0.29) is 5.56 Å². The Kier molecular flexibility index (Phi) is 6.89. The van der Waals surface area contributed by atoms with E-state index in [0.29, 0.717) is 41.7 Å². The number of nitrogens with zero attached hydrogens (tertiary/aromatic N) is 4. The monoisotopic (exact) mass is 470 g/mol. The van der Waals surface area contributed by atoms with E-state index in [4.69, 9.17) is 28.2 Å². The molecule has 3 aromatic rings. The average Bonchev–Trinajstić information content (AvgIpc) is 2.76. The maximum absolute atomic E-state index is 13.7. The molecule has 5 nitrogen and oxygen atoms in total. The van der Waals surface area contributed by atoms with Gasteiger partial charge < -0.3 is 0 Å². The maximum atomic E-state index is 13.7. The van der Waals surface area contributed by atoms with Gasteiger partial charge in [0.1, 0.15) is 0 Å². The Morgan fingerprint density at radius 2 is 1.81 bits per heavy atom. The van der Waals surface area contributed by atoms with E-state index in [1.807, 2.05) is 54.3 Å². The van der Waals surface area contributed by atoms with Crippen molar-refractivity contribution in [3.8, 4) is 0 Å². The van der Waals surface area contributed by atoms with Crippen molar-refractivity contribution in [1.29, 1.82) is 0 Å². The summed E-state index contributed by atoms with van der Waals surface area (Å²) in [5, 5.41) is 1.11. The molecule has 0 atom stereocenters. The predicted molar refractivity (Wildman–Crippen MR) is 132 cm³/mol. The first-order valence-corrected chi connectivity index (χ1v) is 11.7. The molecule has 4 rings (SSSR count). The summed E-state index contributed by atoms with van der Waals surface area (Å²) in [6.07, 6.45) is 1.61. The molecule has 1 aromatic heterocycles. The molecule has 7 heteroatoms. The van der Waals surface area contributed by atoms with Gasteiger partial charge in [0.15, 0.2) is 0 Å². The van der Waals surface area contributed by atoms with Crippen LogP contribution in [0.3, 0.4) is 0 Å². The van der Waals surface area contributed by atoms with Crippen LogP contribution in [0.2, 0.25) is 10.0 Å². The molecule has 0 saturated heterocycles. The largest absolute Gasteiger partial charge is 0.297 e. The molecular formula is C25H28Cl2N4O. The van der Waals surface area contributed by atoms with Gasteiger partial charge in [0.05, 0.1) is 29.7 Å². The minimum absolute atomic E-state index is 0.000635.